The van der Waals surface area contributed by atoms with E-state index in [1.807, 2.05) is 62.0 Å². The molecule has 0 aliphatic carbocycles. The molecule has 0 atom stereocenters. The number of thiazole rings is 1. The molecule has 8 nitrogen and oxygen atoms in total. The van der Waals surface area contributed by atoms with E-state index in [0.717, 1.165) is 47.1 Å². The van der Waals surface area contributed by atoms with Gasteiger partial charge in [-0.05, 0) is 55.8 Å². The second kappa shape index (κ2) is 13.1. The average Bonchev–Trinajstić information content (AvgIpc) is 3.44. The predicted octanol–water partition coefficient (Wildman–Crippen LogP) is 1.90. The van der Waals surface area contributed by atoms with Crippen LogP contribution in [-0.4, -0.2) is 28.4 Å². The summed E-state index contributed by atoms with van der Waals surface area (Å²) >= 11 is 1.57. The summed E-state index contributed by atoms with van der Waals surface area (Å²) in [6.45, 7) is 7.06. The van der Waals surface area contributed by atoms with Crippen molar-refractivity contribution < 1.29 is 21.5 Å². The maximum absolute atomic E-state index is 4.39. The summed E-state index contributed by atoms with van der Waals surface area (Å²) in [5.41, 5.74) is 4.92. The van der Waals surface area contributed by atoms with Crippen LogP contribution in [0.15, 0.2) is 93.1 Å². The van der Waals surface area contributed by atoms with Crippen molar-refractivity contribution in [3.63, 3.8) is 0 Å². The van der Waals surface area contributed by atoms with E-state index in [-0.39, 0.29) is 17.0 Å². The highest BCUT2D eigenvalue weighted by molar-refractivity contribution is 7.07. The topological polar surface area (TPSA) is 66.4 Å². The molecule has 0 spiro atoms. The highest BCUT2D eigenvalue weighted by Crippen LogP contribution is 2.22. The number of halogens is 1. The molecule has 36 heavy (non-hydrogen) atoms. The minimum atomic E-state index is 0. The second-order valence-corrected chi connectivity index (χ2v) is 9.10. The normalized spacial score (nSPS) is 11.9. The minimum absolute atomic E-state index is 0. The molecule has 0 unspecified atom stereocenters. The van der Waals surface area contributed by atoms with E-state index in [1.165, 1.54) is 5.69 Å². The van der Waals surface area contributed by atoms with Gasteiger partial charge in [0, 0.05) is 30.4 Å². The molecular weight excluding hydrogens is 536 g/mol. The fraction of sp³-hybridized carbons (Fsp3) is 0.269. The number of imidazole rings is 1. The number of rotatable bonds is 9. The van der Waals surface area contributed by atoms with Crippen LogP contribution in [0.2, 0.25) is 0 Å². The number of likely N-dealkylation sites (N-methyl/N-ethyl adjacent to an activating group) is 1. The van der Waals surface area contributed by atoms with Crippen molar-refractivity contribution >= 4 is 34.6 Å². The average molecular weight is 568 g/mol. The summed E-state index contributed by atoms with van der Waals surface area (Å²) in [6.07, 6.45) is 7.99. The Hall–Kier alpha value is -3.37. The maximum atomic E-state index is 4.39. The number of anilines is 1. The Morgan fingerprint density at radius 3 is 2.22 bits per heavy atom. The molecule has 2 heterocycles. The number of aromatic nitrogens is 3. The van der Waals surface area contributed by atoms with Crippen molar-refractivity contribution in [1.29, 1.82) is 0 Å². The van der Waals surface area contributed by atoms with Crippen LogP contribution in [0.4, 0.5) is 17.1 Å². The van der Waals surface area contributed by atoms with E-state index in [4.69, 9.17) is 0 Å². The lowest BCUT2D eigenvalue weighted by atomic mass is 10.2. The van der Waals surface area contributed by atoms with Crippen molar-refractivity contribution in [2.45, 2.75) is 20.4 Å². The Balaban J connectivity index is 0.00000361. The monoisotopic (exact) mass is 566 g/mol. The summed E-state index contributed by atoms with van der Waals surface area (Å²) in [5, 5.41) is 19.3. The van der Waals surface area contributed by atoms with Crippen LogP contribution in [0.3, 0.4) is 0 Å². The molecule has 0 amide bonds. The van der Waals surface area contributed by atoms with Gasteiger partial charge in [-0.15, -0.1) is 16.4 Å². The molecule has 0 bridgehead atoms. The molecular formula is C26H31BrN8S. The quantitative estimate of drug-likeness (QED) is 0.132. The summed E-state index contributed by atoms with van der Waals surface area (Å²) in [6, 6.07) is 16.0. The zero-order valence-electron chi connectivity index (χ0n) is 21.0. The molecule has 188 valence electrons. The third-order valence-corrected chi connectivity index (χ3v) is 6.75. The summed E-state index contributed by atoms with van der Waals surface area (Å²) in [7, 11) is 4.02. The Bertz CT molecular complexity index is 1360. The van der Waals surface area contributed by atoms with E-state index in [1.54, 1.807) is 17.6 Å². The van der Waals surface area contributed by atoms with Gasteiger partial charge in [0.25, 0.3) is 0 Å². The van der Waals surface area contributed by atoms with E-state index in [2.05, 4.69) is 77.6 Å². The lowest BCUT2D eigenvalue weighted by molar-refractivity contribution is -0.693. The van der Waals surface area contributed by atoms with Crippen LogP contribution in [0.5, 0.6) is 0 Å². The number of benzene rings is 2. The number of hydrogen-bond donors (Lipinski definition) is 0. The van der Waals surface area contributed by atoms with Gasteiger partial charge in [0.2, 0.25) is 11.1 Å². The van der Waals surface area contributed by atoms with Gasteiger partial charge in [0.1, 0.15) is 18.9 Å². The fourth-order valence-corrected chi connectivity index (χ4v) is 4.33. The van der Waals surface area contributed by atoms with Gasteiger partial charge < -0.3 is 26.4 Å². The molecule has 4 aromatic rings. The van der Waals surface area contributed by atoms with E-state index < -0.39 is 0 Å². The fourth-order valence-electron chi connectivity index (χ4n) is 3.50. The smallest absolute Gasteiger partial charge is 0.243 e. The van der Waals surface area contributed by atoms with E-state index >= 15 is 0 Å². The van der Waals surface area contributed by atoms with Gasteiger partial charge in [-0.1, -0.05) is 12.1 Å². The Kier molecular flexibility index (Phi) is 9.89. The molecule has 0 saturated carbocycles. The predicted molar refractivity (Wildman–Crippen MR) is 142 cm³/mol. The first-order chi connectivity index (χ1) is 17.0. The third kappa shape index (κ3) is 7.32. The molecule has 10 heteroatoms. The van der Waals surface area contributed by atoms with Crippen molar-refractivity contribution in [1.82, 2.24) is 9.13 Å². The lowest BCUT2D eigenvalue weighted by Crippen LogP contribution is -3.00. The maximum Gasteiger partial charge on any atom is 0.243 e. The zero-order chi connectivity index (χ0) is 24.6. The number of nitrogens with zero attached hydrogens (tertiary/aromatic N) is 8. The van der Waals surface area contributed by atoms with Gasteiger partial charge in [0.15, 0.2) is 0 Å². The highest BCUT2D eigenvalue weighted by atomic mass is 79.9. The van der Waals surface area contributed by atoms with Crippen LogP contribution < -0.4 is 31.2 Å². The molecule has 2 aromatic heterocycles. The number of aryl methyl sites for hydroxylation is 2. The standard InChI is InChI=1S/C26H31N8S.BrH/c1-5-34(17-16-33-15-14-31(3)20-33)25-12-10-24(11-13-25)29-28-23-8-6-22(7-9-23)18-27-30-26-32(4)21(2)19-35-26;/h6-15,18-20H,5,16-17H2,1-4H3;1H/q+1;/p-1/b27-18+,29-28+,30-26-;. The van der Waals surface area contributed by atoms with Crippen molar-refractivity contribution in [2.24, 2.45) is 34.5 Å². The Morgan fingerprint density at radius 2 is 1.67 bits per heavy atom. The Labute approximate surface area is 226 Å². The van der Waals surface area contributed by atoms with Gasteiger partial charge in [0.05, 0.1) is 31.2 Å². The molecule has 2 aromatic carbocycles. The van der Waals surface area contributed by atoms with Crippen LogP contribution >= 0.6 is 11.3 Å². The highest BCUT2D eigenvalue weighted by Gasteiger charge is 2.07. The van der Waals surface area contributed by atoms with Crippen molar-refractivity contribution in [3.05, 3.63) is 88.7 Å². The largest absolute Gasteiger partial charge is 1.00 e. The summed E-state index contributed by atoms with van der Waals surface area (Å²) in [4.78, 5) is 3.22. The molecule has 0 saturated heterocycles. The Morgan fingerprint density at radius 1 is 1.00 bits per heavy atom. The molecule has 4 rings (SSSR count). The van der Waals surface area contributed by atoms with Crippen LogP contribution in [0, 0.1) is 6.92 Å². The lowest BCUT2D eigenvalue weighted by Gasteiger charge is -2.22. The molecule has 0 aliphatic rings. The van der Waals surface area contributed by atoms with E-state index in [0.29, 0.717) is 0 Å². The SMILES string of the molecule is CCN(CC[n+]1ccn(C)c1)c1ccc(/N=N/c2ccc(/C=N/N=c3\scc(C)n3C)cc2)cc1.[Br-]. The first-order valence-corrected chi connectivity index (χ1v) is 12.5. The van der Waals surface area contributed by atoms with Crippen molar-refractivity contribution in [2.75, 3.05) is 18.0 Å². The van der Waals surface area contributed by atoms with Gasteiger partial charge in [-0.3, -0.25) is 0 Å². The zero-order valence-corrected chi connectivity index (χ0v) is 23.4. The van der Waals surface area contributed by atoms with Gasteiger partial charge >= 0.3 is 0 Å². The van der Waals surface area contributed by atoms with E-state index in [9.17, 15) is 0 Å². The van der Waals surface area contributed by atoms with Gasteiger partial charge in [-0.25, -0.2) is 9.13 Å². The summed E-state index contributed by atoms with van der Waals surface area (Å²) < 4.78 is 6.27. The van der Waals surface area contributed by atoms with Crippen LogP contribution in [0.1, 0.15) is 18.2 Å². The number of azo groups is 1. The summed E-state index contributed by atoms with van der Waals surface area (Å²) in [5.74, 6) is 0. The third-order valence-electron chi connectivity index (χ3n) is 5.72. The molecule has 0 fully saturated rings. The van der Waals surface area contributed by atoms with Crippen LogP contribution in [0.25, 0.3) is 0 Å². The van der Waals surface area contributed by atoms with Crippen molar-refractivity contribution in [3.8, 4) is 0 Å². The first-order valence-electron chi connectivity index (χ1n) is 11.6. The number of hydrogen-bond acceptors (Lipinski definition) is 6. The molecule has 0 radical (unpaired) electrons. The van der Waals surface area contributed by atoms with Gasteiger partial charge in [-0.2, -0.15) is 15.3 Å². The first kappa shape index (κ1) is 27.2. The second-order valence-electron chi connectivity index (χ2n) is 8.27. The molecule has 0 N–H and O–H groups in total. The van der Waals surface area contributed by atoms with Crippen LogP contribution in [-0.2, 0) is 20.6 Å². The minimum Gasteiger partial charge on any atom is -1.00 e. The molecule has 0 aliphatic heterocycles.